The van der Waals surface area contributed by atoms with Crippen LogP contribution in [0, 0.1) is 5.92 Å². The van der Waals surface area contributed by atoms with Gasteiger partial charge in [-0.3, -0.25) is 29.0 Å². The SMILES string of the molecule is O=C(O)CN(CC1CC1)C1CC(NC(=O)CCN2C(=O)CCC2=O)C1. The van der Waals surface area contributed by atoms with Gasteiger partial charge < -0.3 is 10.4 Å². The van der Waals surface area contributed by atoms with Gasteiger partial charge in [0.25, 0.3) is 0 Å². The minimum atomic E-state index is -0.812. The number of carboxylic acid groups (broad SMARTS) is 1. The van der Waals surface area contributed by atoms with E-state index in [1.807, 2.05) is 4.90 Å². The van der Waals surface area contributed by atoms with E-state index in [0.717, 1.165) is 24.3 Å². The van der Waals surface area contributed by atoms with Gasteiger partial charge in [-0.25, -0.2) is 0 Å². The van der Waals surface area contributed by atoms with Gasteiger partial charge in [-0.1, -0.05) is 0 Å². The van der Waals surface area contributed by atoms with Crippen molar-refractivity contribution in [2.24, 2.45) is 5.92 Å². The molecule has 138 valence electrons. The molecule has 0 bridgehead atoms. The van der Waals surface area contributed by atoms with Gasteiger partial charge in [0.2, 0.25) is 17.7 Å². The smallest absolute Gasteiger partial charge is 0.317 e. The number of carboxylic acids is 1. The third-order valence-corrected chi connectivity index (χ3v) is 5.24. The Bertz CT molecular complexity index is 553. The summed E-state index contributed by atoms with van der Waals surface area (Å²) in [5, 5.41) is 12.0. The first-order chi connectivity index (χ1) is 11.9. The van der Waals surface area contributed by atoms with E-state index in [0.29, 0.717) is 5.92 Å². The summed E-state index contributed by atoms with van der Waals surface area (Å²) in [5.74, 6) is -0.753. The van der Waals surface area contributed by atoms with Crippen LogP contribution < -0.4 is 5.32 Å². The van der Waals surface area contributed by atoms with Crippen LogP contribution in [-0.2, 0) is 19.2 Å². The molecule has 0 aromatic heterocycles. The Morgan fingerprint density at radius 1 is 1.16 bits per heavy atom. The number of carbonyl (C=O) groups excluding carboxylic acids is 3. The first kappa shape index (κ1) is 17.8. The number of aliphatic carboxylic acids is 1. The molecule has 1 heterocycles. The van der Waals surface area contributed by atoms with Crippen LogP contribution in [0.3, 0.4) is 0 Å². The Hall–Kier alpha value is -1.96. The fourth-order valence-corrected chi connectivity index (χ4v) is 3.54. The molecule has 3 amide bonds. The third-order valence-electron chi connectivity index (χ3n) is 5.24. The van der Waals surface area contributed by atoms with Crippen molar-refractivity contribution in [2.45, 2.75) is 57.0 Å². The monoisotopic (exact) mass is 351 g/mol. The molecular weight excluding hydrogens is 326 g/mol. The summed E-state index contributed by atoms with van der Waals surface area (Å²) in [4.78, 5) is 49.2. The second kappa shape index (κ2) is 7.51. The number of rotatable bonds is 9. The maximum absolute atomic E-state index is 12.0. The van der Waals surface area contributed by atoms with E-state index in [4.69, 9.17) is 5.11 Å². The lowest BCUT2D eigenvalue weighted by atomic mass is 9.85. The summed E-state index contributed by atoms with van der Waals surface area (Å²) in [7, 11) is 0. The molecule has 0 atom stereocenters. The van der Waals surface area contributed by atoms with E-state index in [9.17, 15) is 19.2 Å². The molecule has 1 aliphatic heterocycles. The summed E-state index contributed by atoms with van der Waals surface area (Å²) < 4.78 is 0. The Morgan fingerprint density at radius 3 is 2.36 bits per heavy atom. The topological polar surface area (TPSA) is 107 Å². The molecule has 0 spiro atoms. The summed E-state index contributed by atoms with van der Waals surface area (Å²) in [6.45, 7) is 1.03. The number of hydrogen-bond donors (Lipinski definition) is 2. The minimum Gasteiger partial charge on any atom is -0.480 e. The van der Waals surface area contributed by atoms with Crippen molar-refractivity contribution in [3.05, 3.63) is 0 Å². The lowest BCUT2D eigenvalue weighted by molar-refractivity contribution is -0.141. The van der Waals surface area contributed by atoms with Gasteiger partial charge in [0.15, 0.2) is 0 Å². The van der Waals surface area contributed by atoms with Crippen LogP contribution in [0.15, 0.2) is 0 Å². The van der Waals surface area contributed by atoms with Crippen molar-refractivity contribution in [1.29, 1.82) is 0 Å². The molecule has 1 saturated heterocycles. The molecule has 8 heteroatoms. The van der Waals surface area contributed by atoms with Gasteiger partial charge in [-0.05, 0) is 31.6 Å². The summed E-state index contributed by atoms with van der Waals surface area (Å²) in [6.07, 6.45) is 4.48. The molecule has 25 heavy (non-hydrogen) atoms. The predicted octanol–water partition coefficient (Wildman–Crippen LogP) is -0.0307. The molecule has 3 fully saturated rings. The van der Waals surface area contributed by atoms with Crippen LogP contribution in [0.25, 0.3) is 0 Å². The quantitative estimate of drug-likeness (QED) is 0.565. The number of likely N-dealkylation sites (tertiary alicyclic amines) is 1. The highest BCUT2D eigenvalue weighted by Gasteiger charge is 2.38. The van der Waals surface area contributed by atoms with Crippen molar-refractivity contribution in [2.75, 3.05) is 19.6 Å². The summed E-state index contributed by atoms with van der Waals surface area (Å²) >= 11 is 0. The molecule has 2 N–H and O–H groups in total. The second-order valence-electron chi connectivity index (χ2n) is 7.35. The maximum atomic E-state index is 12.0. The molecule has 0 unspecified atom stereocenters. The highest BCUT2D eigenvalue weighted by molar-refractivity contribution is 6.02. The molecular formula is C17H25N3O5. The zero-order valence-corrected chi connectivity index (χ0v) is 14.3. The highest BCUT2D eigenvalue weighted by atomic mass is 16.4. The highest BCUT2D eigenvalue weighted by Crippen LogP contribution is 2.33. The van der Waals surface area contributed by atoms with E-state index in [1.54, 1.807) is 0 Å². The first-order valence-electron chi connectivity index (χ1n) is 9.00. The summed E-state index contributed by atoms with van der Waals surface area (Å²) in [5.41, 5.74) is 0. The normalized spacial score (nSPS) is 26.0. The van der Waals surface area contributed by atoms with Crippen LogP contribution >= 0.6 is 0 Å². The third kappa shape index (κ3) is 4.78. The number of hydrogen-bond acceptors (Lipinski definition) is 5. The first-order valence-corrected chi connectivity index (χ1v) is 9.00. The van der Waals surface area contributed by atoms with E-state index < -0.39 is 5.97 Å². The van der Waals surface area contributed by atoms with Gasteiger partial charge in [0.1, 0.15) is 0 Å². The van der Waals surface area contributed by atoms with Crippen molar-refractivity contribution in [3.8, 4) is 0 Å². The Labute approximate surface area is 146 Å². The average Bonchev–Trinajstić information content (AvgIpc) is 3.25. The van der Waals surface area contributed by atoms with Crippen molar-refractivity contribution in [1.82, 2.24) is 15.1 Å². The number of nitrogens with one attached hydrogen (secondary N) is 1. The molecule has 2 saturated carbocycles. The fourth-order valence-electron chi connectivity index (χ4n) is 3.54. The number of nitrogens with zero attached hydrogens (tertiary/aromatic N) is 2. The van der Waals surface area contributed by atoms with Gasteiger partial charge in [-0.15, -0.1) is 0 Å². The fraction of sp³-hybridized carbons (Fsp3) is 0.765. The van der Waals surface area contributed by atoms with Crippen LogP contribution in [-0.4, -0.2) is 70.3 Å². The molecule has 0 radical (unpaired) electrons. The molecule has 3 rings (SSSR count). The van der Waals surface area contributed by atoms with Crippen molar-refractivity contribution in [3.63, 3.8) is 0 Å². The largest absolute Gasteiger partial charge is 0.480 e. The van der Waals surface area contributed by atoms with Gasteiger partial charge >= 0.3 is 5.97 Å². The van der Waals surface area contributed by atoms with Crippen LogP contribution in [0.4, 0.5) is 0 Å². The second-order valence-corrected chi connectivity index (χ2v) is 7.35. The average molecular weight is 351 g/mol. The van der Waals surface area contributed by atoms with Crippen molar-refractivity contribution >= 4 is 23.7 Å². The zero-order chi connectivity index (χ0) is 18.0. The van der Waals surface area contributed by atoms with Crippen LogP contribution in [0.1, 0.15) is 44.9 Å². The Kier molecular flexibility index (Phi) is 5.36. The van der Waals surface area contributed by atoms with Gasteiger partial charge in [0.05, 0.1) is 6.54 Å². The standard InChI is InChI=1S/C17H25N3O5/c21-14(5-6-20-15(22)3-4-16(20)23)18-12-7-13(8-12)19(10-17(24)25)9-11-1-2-11/h11-13H,1-10H2,(H,18,21)(H,24,25). The molecule has 0 aromatic rings. The van der Waals surface area contributed by atoms with E-state index in [2.05, 4.69) is 5.32 Å². The Morgan fingerprint density at radius 2 is 1.80 bits per heavy atom. The van der Waals surface area contributed by atoms with Crippen molar-refractivity contribution < 1.29 is 24.3 Å². The maximum Gasteiger partial charge on any atom is 0.317 e. The number of imide groups is 1. The molecule has 3 aliphatic rings. The zero-order valence-electron chi connectivity index (χ0n) is 14.3. The van der Waals surface area contributed by atoms with Crippen LogP contribution in [0.2, 0.25) is 0 Å². The summed E-state index contributed by atoms with van der Waals surface area (Å²) in [6, 6.07) is 0.265. The molecule has 8 nitrogen and oxygen atoms in total. The van der Waals surface area contributed by atoms with E-state index in [1.165, 1.54) is 12.8 Å². The van der Waals surface area contributed by atoms with E-state index in [-0.39, 0.29) is 62.2 Å². The van der Waals surface area contributed by atoms with Gasteiger partial charge in [0, 0.05) is 44.4 Å². The minimum absolute atomic E-state index is 0.0537. The number of amides is 3. The molecule has 0 aromatic carbocycles. The predicted molar refractivity (Wildman–Crippen MR) is 87.5 cm³/mol. The van der Waals surface area contributed by atoms with Crippen LogP contribution in [0.5, 0.6) is 0 Å². The number of carbonyl (C=O) groups is 4. The van der Waals surface area contributed by atoms with E-state index >= 15 is 0 Å². The lowest BCUT2D eigenvalue weighted by Crippen LogP contribution is -2.55. The lowest BCUT2D eigenvalue weighted by Gasteiger charge is -2.42. The Balaban J connectivity index is 1.37. The molecule has 2 aliphatic carbocycles. The van der Waals surface area contributed by atoms with Gasteiger partial charge in [-0.2, -0.15) is 0 Å².